The summed E-state index contributed by atoms with van der Waals surface area (Å²) in [5.41, 5.74) is 0.907. The number of ether oxygens (including phenoxy) is 2. The molecular weight excluding hydrogens is 398 g/mol. The molecule has 0 radical (unpaired) electrons. The molecule has 4 rings (SSSR count). The van der Waals surface area contributed by atoms with Crippen molar-refractivity contribution in [3.63, 3.8) is 0 Å². The van der Waals surface area contributed by atoms with Crippen LogP contribution in [0.2, 0.25) is 5.02 Å². The van der Waals surface area contributed by atoms with Crippen LogP contribution in [0.1, 0.15) is 15.2 Å². The van der Waals surface area contributed by atoms with Gasteiger partial charge in [0.2, 0.25) is 0 Å². The van der Waals surface area contributed by atoms with Crippen LogP contribution in [0, 0.1) is 6.92 Å². The average Bonchev–Trinajstić information content (AvgIpc) is 3.12. The Morgan fingerprint density at radius 1 is 1.15 bits per heavy atom. The molecule has 0 bridgehead atoms. The number of fused-ring (bicyclic) bond motifs is 1. The van der Waals surface area contributed by atoms with Crippen LogP contribution in [0.4, 0.5) is 8.78 Å². The van der Waals surface area contributed by atoms with E-state index in [-0.39, 0.29) is 11.5 Å². The number of carbonyl (C=O) groups is 1. The van der Waals surface area contributed by atoms with E-state index in [0.29, 0.717) is 21.1 Å². The van der Waals surface area contributed by atoms with E-state index >= 15 is 0 Å². The van der Waals surface area contributed by atoms with Crippen molar-refractivity contribution in [2.45, 2.75) is 13.2 Å². The zero-order chi connectivity index (χ0) is 19.2. The molecule has 0 atom stereocenters. The lowest BCUT2D eigenvalue weighted by Gasteiger charge is -2.05. The van der Waals surface area contributed by atoms with E-state index in [2.05, 4.69) is 14.5 Å². The standard InChI is InChI=1S/C18H11ClF2N2O3S/c1-10-9-23(13-6-7-14-15(8-13)26-18(20,21)25-14)17(27-10)22-16(24)11-2-4-12(19)5-3-11/h2-9H,1H3/b22-17-. The maximum atomic E-state index is 13.2. The van der Waals surface area contributed by atoms with Crippen LogP contribution in [0.3, 0.4) is 0 Å². The maximum absolute atomic E-state index is 13.2. The van der Waals surface area contributed by atoms with Crippen molar-refractivity contribution in [2.75, 3.05) is 0 Å². The Morgan fingerprint density at radius 3 is 2.59 bits per heavy atom. The minimum absolute atomic E-state index is 0.0490. The zero-order valence-electron chi connectivity index (χ0n) is 13.8. The van der Waals surface area contributed by atoms with E-state index in [0.717, 1.165) is 4.88 Å². The quantitative estimate of drug-likeness (QED) is 0.624. The molecule has 0 saturated carbocycles. The fourth-order valence-electron chi connectivity index (χ4n) is 2.55. The summed E-state index contributed by atoms with van der Waals surface area (Å²) in [4.78, 5) is 17.9. The van der Waals surface area contributed by atoms with Gasteiger partial charge in [-0.2, -0.15) is 4.99 Å². The molecule has 138 valence electrons. The number of halogens is 3. The van der Waals surface area contributed by atoms with Crippen molar-refractivity contribution in [1.82, 2.24) is 4.57 Å². The highest BCUT2D eigenvalue weighted by atomic mass is 35.5. The molecule has 0 saturated heterocycles. The fraction of sp³-hybridized carbons (Fsp3) is 0.111. The fourth-order valence-corrected chi connectivity index (χ4v) is 3.51. The summed E-state index contributed by atoms with van der Waals surface area (Å²) in [6, 6.07) is 10.8. The number of hydrogen-bond acceptors (Lipinski definition) is 4. The first-order valence-electron chi connectivity index (χ1n) is 7.75. The van der Waals surface area contributed by atoms with E-state index in [1.807, 2.05) is 6.92 Å². The number of benzene rings is 2. The molecule has 0 N–H and O–H groups in total. The van der Waals surface area contributed by atoms with Crippen molar-refractivity contribution in [1.29, 1.82) is 0 Å². The molecule has 0 unspecified atom stereocenters. The molecule has 0 aliphatic carbocycles. The first-order valence-corrected chi connectivity index (χ1v) is 8.94. The lowest BCUT2D eigenvalue weighted by Crippen LogP contribution is -2.25. The van der Waals surface area contributed by atoms with Gasteiger partial charge in [0.15, 0.2) is 16.3 Å². The number of carbonyl (C=O) groups excluding carboxylic acids is 1. The topological polar surface area (TPSA) is 52.8 Å². The highest BCUT2D eigenvalue weighted by Crippen LogP contribution is 2.41. The second kappa shape index (κ2) is 6.47. The predicted molar refractivity (Wildman–Crippen MR) is 95.9 cm³/mol. The number of amides is 1. The van der Waals surface area contributed by atoms with Crippen molar-refractivity contribution < 1.29 is 23.0 Å². The molecule has 1 aromatic heterocycles. The van der Waals surface area contributed by atoms with Gasteiger partial charge in [0, 0.05) is 27.7 Å². The van der Waals surface area contributed by atoms with Crippen molar-refractivity contribution in [3.8, 4) is 17.2 Å². The lowest BCUT2D eigenvalue weighted by molar-refractivity contribution is -0.286. The van der Waals surface area contributed by atoms with Crippen LogP contribution in [0.15, 0.2) is 53.7 Å². The third-order valence-electron chi connectivity index (χ3n) is 3.72. The molecule has 27 heavy (non-hydrogen) atoms. The average molecular weight is 409 g/mol. The van der Waals surface area contributed by atoms with Gasteiger partial charge in [-0.25, -0.2) is 0 Å². The van der Waals surface area contributed by atoms with Crippen LogP contribution in [0.5, 0.6) is 11.5 Å². The number of alkyl halides is 2. The third kappa shape index (κ3) is 3.58. The van der Waals surface area contributed by atoms with E-state index in [9.17, 15) is 13.6 Å². The highest BCUT2D eigenvalue weighted by molar-refractivity contribution is 7.09. The van der Waals surface area contributed by atoms with Crippen LogP contribution >= 0.6 is 22.9 Å². The molecule has 9 heteroatoms. The maximum Gasteiger partial charge on any atom is 0.586 e. The Kier molecular flexibility index (Phi) is 4.24. The molecule has 2 aromatic carbocycles. The predicted octanol–water partition coefficient (Wildman–Crippen LogP) is 4.56. The number of rotatable bonds is 2. The number of nitrogens with zero attached hydrogens (tertiary/aromatic N) is 2. The SMILES string of the molecule is Cc1cn(-c2ccc3c(c2)OC(F)(F)O3)/c(=N/C(=O)c2ccc(Cl)cc2)s1. The largest absolute Gasteiger partial charge is 0.586 e. The first-order chi connectivity index (χ1) is 12.8. The third-order valence-corrected chi connectivity index (χ3v) is 4.87. The monoisotopic (exact) mass is 408 g/mol. The molecule has 1 amide bonds. The second-order valence-corrected chi connectivity index (χ2v) is 7.37. The van der Waals surface area contributed by atoms with Crippen molar-refractivity contribution in [2.24, 2.45) is 4.99 Å². The van der Waals surface area contributed by atoms with Gasteiger partial charge in [-0.3, -0.25) is 9.36 Å². The molecule has 5 nitrogen and oxygen atoms in total. The van der Waals surface area contributed by atoms with E-state index in [1.54, 1.807) is 41.1 Å². The zero-order valence-corrected chi connectivity index (χ0v) is 15.4. The summed E-state index contributed by atoms with van der Waals surface area (Å²) in [5, 5.41) is 0.519. The van der Waals surface area contributed by atoms with Crippen LogP contribution in [-0.4, -0.2) is 16.8 Å². The van der Waals surface area contributed by atoms with Gasteiger partial charge in [0.1, 0.15) is 0 Å². The molecule has 0 fully saturated rings. The lowest BCUT2D eigenvalue weighted by atomic mass is 10.2. The summed E-state index contributed by atoms with van der Waals surface area (Å²) in [6.45, 7) is 1.86. The minimum Gasteiger partial charge on any atom is -0.395 e. The summed E-state index contributed by atoms with van der Waals surface area (Å²) >= 11 is 7.13. The number of aryl methyl sites for hydroxylation is 1. The molecule has 2 heterocycles. The van der Waals surface area contributed by atoms with Crippen LogP contribution in [-0.2, 0) is 0 Å². The summed E-state index contributed by atoms with van der Waals surface area (Å²) in [6.07, 6.45) is -1.93. The molecule has 0 spiro atoms. The Hall–Kier alpha value is -2.71. The van der Waals surface area contributed by atoms with Gasteiger partial charge < -0.3 is 9.47 Å². The van der Waals surface area contributed by atoms with Crippen molar-refractivity contribution in [3.05, 3.63) is 68.9 Å². The molecule has 3 aromatic rings. The molecular formula is C18H11ClF2N2O3S. The van der Waals surface area contributed by atoms with Gasteiger partial charge in [0.25, 0.3) is 5.91 Å². The minimum atomic E-state index is -3.69. The molecule has 1 aliphatic rings. The number of thiazole rings is 1. The Bertz CT molecular complexity index is 1110. The Balaban J connectivity index is 1.74. The molecule has 1 aliphatic heterocycles. The summed E-state index contributed by atoms with van der Waals surface area (Å²) in [7, 11) is 0. The van der Waals surface area contributed by atoms with Crippen molar-refractivity contribution >= 4 is 28.8 Å². The highest BCUT2D eigenvalue weighted by Gasteiger charge is 2.43. The second-order valence-electron chi connectivity index (χ2n) is 5.72. The van der Waals surface area contributed by atoms with E-state index in [4.69, 9.17) is 11.6 Å². The Labute approximate surface area is 161 Å². The van der Waals surface area contributed by atoms with Crippen LogP contribution < -0.4 is 14.3 Å². The summed E-state index contributed by atoms with van der Waals surface area (Å²) < 4.78 is 37.0. The van der Waals surface area contributed by atoms with Crippen LogP contribution in [0.25, 0.3) is 5.69 Å². The van der Waals surface area contributed by atoms with Gasteiger partial charge in [-0.15, -0.1) is 20.1 Å². The number of aromatic nitrogens is 1. The summed E-state index contributed by atoms with van der Waals surface area (Å²) in [5.74, 6) is -0.564. The Morgan fingerprint density at radius 2 is 1.85 bits per heavy atom. The smallest absolute Gasteiger partial charge is 0.395 e. The number of hydrogen-bond donors (Lipinski definition) is 0. The van der Waals surface area contributed by atoms with E-state index in [1.165, 1.54) is 23.5 Å². The van der Waals surface area contributed by atoms with Gasteiger partial charge in [-0.1, -0.05) is 11.6 Å². The van der Waals surface area contributed by atoms with E-state index < -0.39 is 12.2 Å². The van der Waals surface area contributed by atoms with Gasteiger partial charge in [0.05, 0.1) is 5.69 Å². The van der Waals surface area contributed by atoms with Gasteiger partial charge in [-0.05, 0) is 43.3 Å². The normalized spacial score (nSPS) is 15.2. The first kappa shape index (κ1) is 17.7. The van der Waals surface area contributed by atoms with Gasteiger partial charge >= 0.3 is 6.29 Å².